The maximum absolute atomic E-state index is 11.9. The minimum atomic E-state index is -0.553. The van der Waals surface area contributed by atoms with E-state index in [0.29, 0.717) is 18.9 Å². The van der Waals surface area contributed by atoms with Gasteiger partial charge in [0.05, 0.1) is 23.7 Å². The summed E-state index contributed by atoms with van der Waals surface area (Å²) in [5.74, 6) is 0.178. The van der Waals surface area contributed by atoms with Gasteiger partial charge in [-0.3, -0.25) is 4.79 Å². The second kappa shape index (κ2) is 4.51. The van der Waals surface area contributed by atoms with Crippen molar-refractivity contribution in [3.05, 3.63) is 16.6 Å². The third-order valence-corrected chi connectivity index (χ3v) is 3.93. The van der Waals surface area contributed by atoms with Gasteiger partial charge in [-0.25, -0.2) is 4.98 Å². The van der Waals surface area contributed by atoms with Crippen molar-refractivity contribution in [3.63, 3.8) is 0 Å². The molecule has 1 aliphatic carbocycles. The summed E-state index contributed by atoms with van der Waals surface area (Å²) in [4.78, 5) is 16.2. The van der Waals surface area contributed by atoms with Crippen molar-refractivity contribution in [2.45, 2.75) is 19.3 Å². The topological polar surface area (TPSA) is 65.2 Å². The van der Waals surface area contributed by atoms with E-state index in [4.69, 9.17) is 10.5 Å². The van der Waals surface area contributed by atoms with Gasteiger partial charge in [-0.1, -0.05) is 0 Å². The smallest absolute Gasteiger partial charge is 0.313 e. The third kappa shape index (κ3) is 1.97. The van der Waals surface area contributed by atoms with Crippen molar-refractivity contribution in [2.75, 3.05) is 13.7 Å². The molecule has 1 fully saturated rings. The Labute approximate surface area is 98.8 Å². The van der Waals surface area contributed by atoms with Crippen LogP contribution in [0.1, 0.15) is 18.5 Å². The van der Waals surface area contributed by atoms with Gasteiger partial charge in [-0.2, -0.15) is 0 Å². The van der Waals surface area contributed by atoms with Crippen LogP contribution in [0, 0.1) is 11.3 Å². The van der Waals surface area contributed by atoms with Gasteiger partial charge in [-0.15, -0.1) is 11.3 Å². The summed E-state index contributed by atoms with van der Waals surface area (Å²) in [6.45, 7) is 0.335. The minimum Gasteiger partial charge on any atom is -0.469 e. The average molecular weight is 240 g/mol. The molecule has 16 heavy (non-hydrogen) atoms. The second-order valence-electron chi connectivity index (χ2n) is 4.28. The molecule has 4 nitrogen and oxygen atoms in total. The molecular weight excluding hydrogens is 224 g/mol. The monoisotopic (exact) mass is 240 g/mol. The van der Waals surface area contributed by atoms with Gasteiger partial charge in [-0.05, 0) is 18.8 Å². The largest absolute Gasteiger partial charge is 0.469 e. The molecule has 1 saturated carbocycles. The Kier molecular flexibility index (Phi) is 3.25. The van der Waals surface area contributed by atoms with Crippen LogP contribution in [0.25, 0.3) is 0 Å². The zero-order valence-corrected chi connectivity index (χ0v) is 10.1. The number of ether oxygens (including phenoxy) is 1. The van der Waals surface area contributed by atoms with E-state index in [0.717, 1.165) is 18.5 Å². The highest BCUT2D eigenvalue weighted by molar-refractivity contribution is 7.07. The highest BCUT2D eigenvalue weighted by atomic mass is 32.1. The summed E-state index contributed by atoms with van der Waals surface area (Å²) in [5, 5.41) is 1.97. The molecule has 1 aliphatic rings. The van der Waals surface area contributed by atoms with Crippen LogP contribution in [0.4, 0.5) is 0 Å². The van der Waals surface area contributed by atoms with Crippen LogP contribution in [0.3, 0.4) is 0 Å². The quantitative estimate of drug-likeness (QED) is 0.786. The van der Waals surface area contributed by atoms with Crippen LogP contribution >= 0.6 is 11.3 Å². The Balaban J connectivity index is 2.22. The third-order valence-electron chi connectivity index (χ3n) is 3.30. The molecule has 0 saturated heterocycles. The molecular formula is C11H16N2O2S. The average Bonchev–Trinajstić information content (AvgIpc) is 3.04. The second-order valence-corrected chi connectivity index (χ2v) is 5.00. The van der Waals surface area contributed by atoms with Crippen molar-refractivity contribution < 1.29 is 9.53 Å². The molecule has 0 radical (unpaired) electrons. The van der Waals surface area contributed by atoms with Crippen molar-refractivity contribution in [1.82, 2.24) is 4.98 Å². The van der Waals surface area contributed by atoms with Gasteiger partial charge >= 0.3 is 5.97 Å². The van der Waals surface area contributed by atoms with E-state index in [1.807, 2.05) is 5.38 Å². The SMILES string of the molecule is COC(=O)C(CN)(Cc1cscn1)C1CC1. The van der Waals surface area contributed by atoms with Gasteiger partial charge in [0, 0.05) is 18.3 Å². The Morgan fingerprint density at radius 1 is 1.75 bits per heavy atom. The molecule has 0 bridgehead atoms. The summed E-state index contributed by atoms with van der Waals surface area (Å²) in [7, 11) is 1.43. The first-order valence-electron chi connectivity index (χ1n) is 5.38. The summed E-state index contributed by atoms with van der Waals surface area (Å²) < 4.78 is 4.91. The molecule has 0 amide bonds. The fraction of sp³-hybridized carbons (Fsp3) is 0.636. The number of esters is 1. The molecule has 1 atom stereocenters. The molecule has 1 unspecified atom stereocenters. The first-order valence-corrected chi connectivity index (χ1v) is 6.33. The Morgan fingerprint density at radius 2 is 2.50 bits per heavy atom. The van der Waals surface area contributed by atoms with Crippen LogP contribution in [-0.2, 0) is 16.0 Å². The van der Waals surface area contributed by atoms with Crippen molar-refractivity contribution in [3.8, 4) is 0 Å². The van der Waals surface area contributed by atoms with E-state index in [-0.39, 0.29) is 5.97 Å². The normalized spacial score (nSPS) is 19.1. The fourth-order valence-electron chi connectivity index (χ4n) is 2.19. The zero-order valence-electron chi connectivity index (χ0n) is 9.31. The van der Waals surface area contributed by atoms with Crippen molar-refractivity contribution >= 4 is 17.3 Å². The first kappa shape index (κ1) is 11.5. The van der Waals surface area contributed by atoms with Crippen LogP contribution < -0.4 is 5.73 Å². The molecule has 0 spiro atoms. The number of methoxy groups -OCH3 is 1. The summed E-state index contributed by atoms with van der Waals surface area (Å²) in [6, 6.07) is 0. The zero-order chi connectivity index (χ0) is 11.6. The minimum absolute atomic E-state index is 0.189. The fourth-order valence-corrected chi connectivity index (χ4v) is 2.75. The summed E-state index contributed by atoms with van der Waals surface area (Å²) in [5.41, 5.74) is 7.98. The maximum atomic E-state index is 11.9. The lowest BCUT2D eigenvalue weighted by atomic mass is 9.78. The van der Waals surface area contributed by atoms with Crippen LogP contribution in [-0.4, -0.2) is 24.6 Å². The lowest BCUT2D eigenvalue weighted by Gasteiger charge is -2.28. The number of aromatic nitrogens is 1. The number of nitrogens with two attached hydrogens (primary N) is 1. The lowest BCUT2D eigenvalue weighted by molar-refractivity contribution is -0.153. The van der Waals surface area contributed by atoms with E-state index in [2.05, 4.69) is 4.98 Å². The van der Waals surface area contributed by atoms with E-state index < -0.39 is 5.41 Å². The number of rotatable bonds is 5. The van der Waals surface area contributed by atoms with E-state index in [9.17, 15) is 4.79 Å². The van der Waals surface area contributed by atoms with Gasteiger partial charge in [0.1, 0.15) is 0 Å². The molecule has 0 aliphatic heterocycles. The molecule has 2 rings (SSSR count). The first-order chi connectivity index (χ1) is 7.73. The van der Waals surface area contributed by atoms with Gasteiger partial charge in [0.25, 0.3) is 0 Å². The van der Waals surface area contributed by atoms with Crippen molar-refractivity contribution in [1.29, 1.82) is 0 Å². The predicted molar refractivity (Wildman–Crippen MR) is 62.0 cm³/mol. The number of nitrogens with zero attached hydrogens (tertiary/aromatic N) is 1. The van der Waals surface area contributed by atoms with E-state index in [1.165, 1.54) is 18.4 Å². The molecule has 0 aromatic carbocycles. The molecule has 1 aromatic rings. The highest BCUT2D eigenvalue weighted by Crippen LogP contribution is 2.47. The molecule has 1 aromatic heterocycles. The van der Waals surface area contributed by atoms with Gasteiger partial charge in [0.15, 0.2) is 0 Å². The number of hydrogen-bond acceptors (Lipinski definition) is 5. The predicted octanol–water partition coefficient (Wildman–Crippen LogP) is 1.21. The van der Waals surface area contributed by atoms with Crippen LogP contribution in [0.5, 0.6) is 0 Å². The maximum Gasteiger partial charge on any atom is 0.313 e. The number of thiazole rings is 1. The standard InChI is InChI=1S/C11H16N2O2S/c1-15-10(14)11(6-12,8-2-3-8)4-9-5-16-7-13-9/h5,7-8H,2-4,6,12H2,1H3. The number of carbonyl (C=O) groups excluding carboxylic acids is 1. The molecule has 5 heteroatoms. The van der Waals surface area contributed by atoms with Gasteiger partial charge in [0.2, 0.25) is 0 Å². The molecule has 2 N–H and O–H groups in total. The molecule has 1 heterocycles. The number of hydrogen-bond donors (Lipinski definition) is 1. The Bertz CT molecular complexity index is 362. The Hall–Kier alpha value is -0.940. The summed E-state index contributed by atoms with van der Waals surface area (Å²) in [6.07, 6.45) is 2.73. The molecule has 88 valence electrons. The highest BCUT2D eigenvalue weighted by Gasteiger charge is 2.51. The van der Waals surface area contributed by atoms with Gasteiger partial charge < -0.3 is 10.5 Å². The number of carbonyl (C=O) groups is 1. The Morgan fingerprint density at radius 3 is 2.94 bits per heavy atom. The van der Waals surface area contributed by atoms with Crippen molar-refractivity contribution in [2.24, 2.45) is 17.1 Å². The van der Waals surface area contributed by atoms with E-state index >= 15 is 0 Å². The summed E-state index contributed by atoms with van der Waals surface area (Å²) >= 11 is 1.54. The van der Waals surface area contributed by atoms with Crippen LogP contribution in [0.15, 0.2) is 10.9 Å². The lowest BCUT2D eigenvalue weighted by Crippen LogP contribution is -2.43. The van der Waals surface area contributed by atoms with E-state index in [1.54, 1.807) is 5.51 Å². The van der Waals surface area contributed by atoms with Crippen LogP contribution in [0.2, 0.25) is 0 Å².